The Morgan fingerprint density at radius 1 is 1.11 bits per heavy atom. The van der Waals surface area contributed by atoms with Gasteiger partial charge in [-0.15, -0.1) is 0 Å². The molecule has 2 nitrogen and oxygen atoms in total. The predicted molar refractivity (Wildman–Crippen MR) is 78.4 cm³/mol. The average molecular weight is 258 g/mol. The predicted octanol–water partition coefficient (Wildman–Crippen LogP) is 3.62. The summed E-state index contributed by atoms with van der Waals surface area (Å²) in [5.74, 6) is -0.212. The highest BCUT2D eigenvalue weighted by Gasteiger charge is 2.09. The normalized spacial score (nSPS) is 10.5. The quantitative estimate of drug-likeness (QED) is 0.901. The topological polar surface area (TPSA) is 15.3 Å². The van der Waals surface area contributed by atoms with Crippen molar-refractivity contribution in [3.63, 3.8) is 0 Å². The van der Waals surface area contributed by atoms with E-state index in [1.165, 1.54) is 23.3 Å². The molecule has 3 heteroatoms. The minimum Gasteiger partial charge on any atom is -0.344 e. The van der Waals surface area contributed by atoms with Crippen LogP contribution in [0.15, 0.2) is 42.5 Å². The lowest BCUT2D eigenvalue weighted by molar-refractivity contribution is 0.628. The van der Waals surface area contributed by atoms with Gasteiger partial charge in [-0.1, -0.05) is 17.7 Å². The van der Waals surface area contributed by atoms with E-state index in [-0.39, 0.29) is 5.82 Å². The average Bonchev–Trinajstić information content (AvgIpc) is 2.39. The molecular formula is C16H19FN2. The van der Waals surface area contributed by atoms with Crippen molar-refractivity contribution < 1.29 is 4.39 Å². The first kappa shape index (κ1) is 13.6. The zero-order valence-corrected chi connectivity index (χ0v) is 11.6. The van der Waals surface area contributed by atoms with Crippen LogP contribution in [0.2, 0.25) is 0 Å². The van der Waals surface area contributed by atoms with Crippen LogP contribution in [-0.2, 0) is 6.54 Å². The molecule has 0 aliphatic rings. The maximum Gasteiger partial charge on any atom is 0.123 e. The van der Waals surface area contributed by atoms with Crippen molar-refractivity contribution in [2.24, 2.45) is 0 Å². The molecule has 0 amide bonds. The van der Waals surface area contributed by atoms with E-state index in [0.29, 0.717) is 0 Å². The summed E-state index contributed by atoms with van der Waals surface area (Å²) in [7, 11) is 3.93. The number of hydrogen-bond acceptors (Lipinski definition) is 2. The summed E-state index contributed by atoms with van der Waals surface area (Å²) < 4.78 is 13.0. The molecule has 0 fully saturated rings. The van der Waals surface area contributed by atoms with E-state index in [2.05, 4.69) is 35.3 Å². The minimum atomic E-state index is -0.212. The standard InChI is InChI=1S/C16H19FN2/c1-12-4-9-16(13(10-12)11-18-2)19(3)15-7-5-14(17)6-8-15/h4-10,18H,11H2,1-3H3. The lowest BCUT2D eigenvalue weighted by atomic mass is 10.1. The number of hydrogen-bond donors (Lipinski definition) is 1. The highest BCUT2D eigenvalue weighted by molar-refractivity contribution is 5.66. The molecule has 2 aromatic carbocycles. The third-order valence-electron chi connectivity index (χ3n) is 3.18. The maximum absolute atomic E-state index is 13.0. The van der Waals surface area contributed by atoms with E-state index < -0.39 is 0 Å². The Morgan fingerprint density at radius 2 is 1.79 bits per heavy atom. The van der Waals surface area contributed by atoms with Crippen molar-refractivity contribution in [1.82, 2.24) is 5.32 Å². The number of nitrogens with zero attached hydrogens (tertiary/aromatic N) is 1. The van der Waals surface area contributed by atoms with Gasteiger partial charge in [0.25, 0.3) is 0 Å². The Morgan fingerprint density at radius 3 is 2.42 bits per heavy atom. The third kappa shape index (κ3) is 3.12. The molecule has 0 atom stereocenters. The fraction of sp³-hybridized carbons (Fsp3) is 0.250. The van der Waals surface area contributed by atoms with Gasteiger partial charge in [0.05, 0.1) is 0 Å². The van der Waals surface area contributed by atoms with Gasteiger partial charge < -0.3 is 10.2 Å². The molecule has 2 aromatic rings. The monoisotopic (exact) mass is 258 g/mol. The maximum atomic E-state index is 13.0. The molecule has 100 valence electrons. The van der Waals surface area contributed by atoms with E-state index in [4.69, 9.17) is 0 Å². The molecule has 0 aromatic heterocycles. The lowest BCUT2D eigenvalue weighted by Gasteiger charge is -2.23. The van der Waals surface area contributed by atoms with Gasteiger partial charge in [0, 0.05) is 25.0 Å². The van der Waals surface area contributed by atoms with Crippen LogP contribution < -0.4 is 10.2 Å². The fourth-order valence-electron chi connectivity index (χ4n) is 2.18. The van der Waals surface area contributed by atoms with Gasteiger partial charge in [-0.25, -0.2) is 4.39 Å². The highest BCUT2D eigenvalue weighted by Crippen LogP contribution is 2.28. The first-order valence-corrected chi connectivity index (χ1v) is 6.35. The van der Waals surface area contributed by atoms with Crippen molar-refractivity contribution in [3.8, 4) is 0 Å². The summed E-state index contributed by atoms with van der Waals surface area (Å²) in [5, 5.41) is 3.18. The molecule has 0 radical (unpaired) electrons. The summed E-state index contributed by atoms with van der Waals surface area (Å²) in [4.78, 5) is 2.07. The van der Waals surface area contributed by atoms with Gasteiger partial charge in [-0.2, -0.15) is 0 Å². The van der Waals surface area contributed by atoms with Crippen molar-refractivity contribution in [1.29, 1.82) is 0 Å². The van der Waals surface area contributed by atoms with Crippen molar-refractivity contribution in [2.75, 3.05) is 19.0 Å². The largest absolute Gasteiger partial charge is 0.344 e. The second-order valence-corrected chi connectivity index (χ2v) is 4.70. The number of aryl methyl sites for hydroxylation is 1. The lowest BCUT2D eigenvalue weighted by Crippen LogP contribution is -2.15. The fourth-order valence-corrected chi connectivity index (χ4v) is 2.18. The van der Waals surface area contributed by atoms with Gasteiger partial charge in [0.15, 0.2) is 0 Å². The van der Waals surface area contributed by atoms with Crippen molar-refractivity contribution in [3.05, 3.63) is 59.4 Å². The number of nitrogens with one attached hydrogen (secondary N) is 1. The summed E-state index contributed by atoms with van der Waals surface area (Å²) in [6.07, 6.45) is 0. The first-order chi connectivity index (χ1) is 9.11. The van der Waals surface area contributed by atoms with E-state index >= 15 is 0 Å². The van der Waals surface area contributed by atoms with E-state index in [9.17, 15) is 4.39 Å². The van der Waals surface area contributed by atoms with Crippen LogP contribution in [0.4, 0.5) is 15.8 Å². The summed E-state index contributed by atoms with van der Waals surface area (Å²) >= 11 is 0. The molecule has 0 heterocycles. The van der Waals surface area contributed by atoms with Gasteiger partial charge >= 0.3 is 0 Å². The number of benzene rings is 2. The molecule has 2 rings (SSSR count). The van der Waals surface area contributed by atoms with Crippen LogP contribution >= 0.6 is 0 Å². The van der Waals surface area contributed by atoms with E-state index in [1.807, 2.05) is 14.1 Å². The summed E-state index contributed by atoms with van der Waals surface area (Å²) in [5.41, 5.74) is 4.57. The summed E-state index contributed by atoms with van der Waals surface area (Å²) in [6.45, 7) is 2.89. The molecule has 0 bridgehead atoms. The molecule has 1 N–H and O–H groups in total. The number of rotatable bonds is 4. The first-order valence-electron chi connectivity index (χ1n) is 6.35. The molecule has 0 aliphatic heterocycles. The zero-order chi connectivity index (χ0) is 13.8. The van der Waals surface area contributed by atoms with Crippen molar-refractivity contribution >= 4 is 11.4 Å². The smallest absolute Gasteiger partial charge is 0.123 e. The Kier molecular flexibility index (Phi) is 4.17. The second-order valence-electron chi connectivity index (χ2n) is 4.70. The summed E-state index contributed by atoms with van der Waals surface area (Å²) in [6, 6.07) is 12.9. The minimum absolute atomic E-state index is 0.212. The Labute approximate surface area is 113 Å². The van der Waals surface area contributed by atoms with Crippen LogP contribution in [0.5, 0.6) is 0 Å². The second kappa shape index (κ2) is 5.85. The van der Waals surface area contributed by atoms with Crippen molar-refractivity contribution in [2.45, 2.75) is 13.5 Å². The van der Waals surface area contributed by atoms with Crippen LogP contribution in [0, 0.1) is 12.7 Å². The Balaban J connectivity index is 2.37. The molecule has 0 unspecified atom stereocenters. The number of halogens is 1. The molecule has 0 aliphatic carbocycles. The zero-order valence-electron chi connectivity index (χ0n) is 11.6. The molecular weight excluding hydrogens is 239 g/mol. The van der Waals surface area contributed by atoms with Gasteiger partial charge in [-0.3, -0.25) is 0 Å². The third-order valence-corrected chi connectivity index (χ3v) is 3.18. The van der Waals surface area contributed by atoms with E-state index in [1.54, 1.807) is 12.1 Å². The SMILES string of the molecule is CNCc1cc(C)ccc1N(C)c1ccc(F)cc1. The molecule has 19 heavy (non-hydrogen) atoms. The van der Waals surface area contributed by atoms with Crippen LogP contribution in [0.25, 0.3) is 0 Å². The van der Waals surface area contributed by atoms with Crippen LogP contribution in [0.1, 0.15) is 11.1 Å². The van der Waals surface area contributed by atoms with Crippen LogP contribution in [0.3, 0.4) is 0 Å². The van der Waals surface area contributed by atoms with Gasteiger partial charge in [0.1, 0.15) is 5.82 Å². The molecule has 0 saturated heterocycles. The number of anilines is 2. The molecule has 0 saturated carbocycles. The Bertz CT molecular complexity index is 549. The van der Waals surface area contributed by atoms with Crippen LogP contribution in [-0.4, -0.2) is 14.1 Å². The van der Waals surface area contributed by atoms with Gasteiger partial charge in [-0.05, 0) is 49.9 Å². The molecule has 0 spiro atoms. The highest BCUT2D eigenvalue weighted by atomic mass is 19.1. The van der Waals surface area contributed by atoms with E-state index in [0.717, 1.165) is 17.9 Å². The Hall–Kier alpha value is -1.87. The van der Waals surface area contributed by atoms with Gasteiger partial charge in [0.2, 0.25) is 0 Å².